The maximum Gasteiger partial charge on any atom is 0.274 e. The molecule has 3 aliphatic heterocycles. The molecule has 1 aromatic carbocycles. The number of aromatic nitrogens is 2. The molecule has 3 aliphatic rings. The zero-order chi connectivity index (χ0) is 21.9. The van der Waals surface area contributed by atoms with Crippen molar-refractivity contribution in [3.05, 3.63) is 53.6 Å². The molecule has 2 aromatic rings. The topological polar surface area (TPSA) is 85.7 Å². The van der Waals surface area contributed by atoms with E-state index in [2.05, 4.69) is 22.4 Å². The molecule has 8 nitrogen and oxygen atoms in total. The summed E-state index contributed by atoms with van der Waals surface area (Å²) in [7, 11) is 0. The van der Waals surface area contributed by atoms with Crippen LogP contribution in [-0.2, 0) is 27.4 Å². The lowest BCUT2D eigenvalue weighted by Crippen LogP contribution is -2.44. The molecule has 1 N–H and O–H groups in total. The highest BCUT2D eigenvalue weighted by Gasteiger charge is 2.32. The van der Waals surface area contributed by atoms with Gasteiger partial charge in [0.15, 0.2) is 5.69 Å². The van der Waals surface area contributed by atoms with Gasteiger partial charge in [-0.15, -0.1) is 0 Å². The Kier molecular flexibility index (Phi) is 6.23. The van der Waals surface area contributed by atoms with Crippen LogP contribution >= 0.6 is 0 Å². The van der Waals surface area contributed by atoms with Crippen molar-refractivity contribution in [2.45, 2.75) is 51.0 Å². The summed E-state index contributed by atoms with van der Waals surface area (Å²) in [6.45, 7) is 3.52. The van der Waals surface area contributed by atoms with Crippen LogP contribution in [0.15, 0.2) is 36.7 Å². The minimum Gasteiger partial charge on any atom is -0.376 e. The van der Waals surface area contributed by atoms with Crippen LogP contribution in [0.4, 0.5) is 0 Å². The predicted molar refractivity (Wildman–Crippen MR) is 117 cm³/mol. The molecule has 0 aliphatic carbocycles. The van der Waals surface area contributed by atoms with Crippen LogP contribution in [0.25, 0.3) is 0 Å². The van der Waals surface area contributed by atoms with Gasteiger partial charge in [-0.25, -0.2) is 4.98 Å². The Balaban J connectivity index is 1.15. The van der Waals surface area contributed by atoms with Crippen LogP contribution in [0.2, 0.25) is 0 Å². The molecule has 5 rings (SSSR count). The summed E-state index contributed by atoms with van der Waals surface area (Å²) in [4.78, 5) is 31.9. The standard InChI is InChI=1S/C24H30N4O4/c29-23(25-13-19-7-4-12-31-19)18-8-10-27(11-9-18)24(30)22-20-15-32-21(14-28(20)16-26-22)17-5-2-1-3-6-17/h1-3,5-6,16,18-19,21H,4,7-15H2,(H,25,29)/t19-,21-/m0/s1. The van der Waals surface area contributed by atoms with Gasteiger partial charge in [0.1, 0.15) is 6.10 Å². The molecule has 8 heteroatoms. The first-order chi connectivity index (χ1) is 15.7. The number of rotatable bonds is 5. The van der Waals surface area contributed by atoms with E-state index in [0.717, 1.165) is 30.7 Å². The number of fused-ring (bicyclic) bond motifs is 1. The molecule has 170 valence electrons. The van der Waals surface area contributed by atoms with Crippen molar-refractivity contribution >= 4 is 11.8 Å². The predicted octanol–water partition coefficient (Wildman–Crippen LogP) is 2.30. The van der Waals surface area contributed by atoms with Gasteiger partial charge in [-0.3, -0.25) is 9.59 Å². The summed E-state index contributed by atoms with van der Waals surface area (Å²) in [5, 5.41) is 3.02. The number of nitrogens with zero attached hydrogens (tertiary/aromatic N) is 3. The molecular weight excluding hydrogens is 408 g/mol. The van der Waals surface area contributed by atoms with Crippen molar-refractivity contribution < 1.29 is 19.1 Å². The lowest BCUT2D eigenvalue weighted by Gasteiger charge is -2.32. The van der Waals surface area contributed by atoms with E-state index in [1.807, 2.05) is 27.7 Å². The molecule has 0 spiro atoms. The zero-order valence-electron chi connectivity index (χ0n) is 18.2. The van der Waals surface area contributed by atoms with Gasteiger partial charge in [-0.1, -0.05) is 30.3 Å². The van der Waals surface area contributed by atoms with Gasteiger partial charge in [-0.2, -0.15) is 0 Å². The molecule has 0 saturated carbocycles. The lowest BCUT2D eigenvalue weighted by molar-refractivity contribution is -0.126. The van der Waals surface area contributed by atoms with Gasteiger partial charge in [0.25, 0.3) is 5.91 Å². The lowest BCUT2D eigenvalue weighted by atomic mass is 9.95. The number of carbonyl (C=O) groups is 2. The highest BCUT2D eigenvalue weighted by Crippen LogP contribution is 2.28. The molecule has 1 aromatic heterocycles. The summed E-state index contributed by atoms with van der Waals surface area (Å²) in [5.74, 6) is -0.0441. The first-order valence-corrected chi connectivity index (χ1v) is 11.6. The van der Waals surface area contributed by atoms with Crippen molar-refractivity contribution in [1.29, 1.82) is 0 Å². The summed E-state index contributed by atoms with van der Waals surface area (Å²) < 4.78 is 13.6. The third kappa shape index (κ3) is 4.42. The van der Waals surface area contributed by atoms with Crippen LogP contribution in [0.3, 0.4) is 0 Å². The van der Waals surface area contributed by atoms with Gasteiger partial charge in [0, 0.05) is 32.2 Å². The minimum absolute atomic E-state index is 0.0373. The summed E-state index contributed by atoms with van der Waals surface area (Å²) in [6, 6.07) is 10.1. The van der Waals surface area contributed by atoms with E-state index in [-0.39, 0.29) is 29.9 Å². The molecule has 0 unspecified atom stereocenters. The number of ether oxygens (including phenoxy) is 2. The minimum atomic E-state index is -0.0706. The molecule has 4 heterocycles. The number of piperidine rings is 1. The fraction of sp³-hybridized carbons (Fsp3) is 0.542. The molecule has 2 amide bonds. The van der Waals surface area contributed by atoms with E-state index in [4.69, 9.17) is 9.47 Å². The Hall–Kier alpha value is -2.71. The number of hydrogen-bond donors (Lipinski definition) is 1. The van der Waals surface area contributed by atoms with E-state index in [1.54, 1.807) is 6.33 Å². The first-order valence-electron chi connectivity index (χ1n) is 11.6. The molecular formula is C24H30N4O4. The van der Waals surface area contributed by atoms with Gasteiger partial charge in [0.05, 0.1) is 31.3 Å². The average Bonchev–Trinajstić information content (AvgIpc) is 3.52. The summed E-state index contributed by atoms with van der Waals surface area (Å²) in [5.41, 5.74) is 2.43. The Labute approximate surface area is 187 Å². The number of carbonyl (C=O) groups excluding carboxylic acids is 2. The van der Waals surface area contributed by atoms with Gasteiger partial charge in [-0.05, 0) is 31.2 Å². The number of nitrogens with one attached hydrogen (secondary N) is 1. The third-order valence-electron chi connectivity index (χ3n) is 6.78. The highest BCUT2D eigenvalue weighted by atomic mass is 16.5. The molecule has 0 radical (unpaired) electrons. The van der Waals surface area contributed by atoms with Crippen molar-refractivity contribution in [1.82, 2.24) is 19.8 Å². The summed E-state index contributed by atoms with van der Waals surface area (Å²) >= 11 is 0. The van der Waals surface area contributed by atoms with Gasteiger partial charge < -0.3 is 24.3 Å². The van der Waals surface area contributed by atoms with E-state index in [9.17, 15) is 9.59 Å². The van der Waals surface area contributed by atoms with Gasteiger partial charge in [0.2, 0.25) is 5.91 Å². The first kappa shape index (κ1) is 21.2. The molecule has 0 bridgehead atoms. The van der Waals surface area contributed by atoms with Crippen molar-refractivity contribution in [2.75, 3.05) is 26.2 Å². The van der Waals surface area contributed by atoms with Crippen molar-refractivity contribution in [3.8, 4) is 0 Å². The Morgan fingerprint density at radius 2 is 1.91 bits per heavy atom. The molecule has 2 fully saturated rings. The second-order valence-electron chi connectivity index (χ2n) is 8.85. The van der Waals surface area contributed by atoms with Crippen molar-refractivity contribution in [2.24, 2.45) is 5.92 Å². The normalized spacial score (nSPS) is 23.7. The SMILES string of the molecule is O=C(NC[C@@H]1CCCO1)C1CCN(C(=O)c2ncn3c2CO[C@H](c2ccccc2)C3)CC1. The number of imidazole rings is 1. The highest BCUT2D eigenvalue weighted by molar-refractivity contribution is 5.93. The Morgan fingerprint density at radius 3 is 2.66 bits per heavy atom. The van der Waals surface area contributed by atoms with Crippen LogP contribution in [0, 0.1) is 5.92 Å². The third-order valence-corrected chi connectivity index (χ3v) is 6.78. The fourth-order valence-electron chi connectivity index (χ4n) is 4.83. The second kappa shape index (κ2) is 9.42. The number of amides is 2. The van der Waals surface area contributed by atoms with Crippen molar-refractivity contribution in [3.63, 3.8) is 0 Å². The quantitative estimate of drug-likeness (QED) is 0.774. The number of hydrogen-bond acceptors (Lipinski definition) is 5. The van der Waals surface area contributed by atoms with E-state index in [1.165, 1.54) is 0 Å². The van der Waals surface area contributed by atoms with E-state index in [0.29, 0.717) is 51.3 Å². The molecule has 2 saturated heterocycles. The molecule has 32 heavy (non-hydrogen) atoms. The van der Waals surface area contributed by atoms with Crippen LogP contribution in [0.5, 0.6) is 0 Å². The number of likely N-dealkylation sites (tertiary alicyclic amines) is 1. The van der Waals surface area contributed by atoms with E-state index < -0.39 is 0 Å². The van der Waals surface area contributed by atoms with Gasteiger partial charge >= 0.3 is 0 Å². The Bertz CT molecular complexity index is 946. The van der Waals surface area contributed by atoms with Crippen LogP contribution in [0.1, 0.15) is 53.5 Å². The maximum atomic E-state index is 13.1. The zero-order valence-corrected chi connectivity index (χ0v) is 18.2. The average molecular weight is 439 g/mol. The van der Waals surface area contributed by atoms with Crippen LogP contribution in [-0.4, -0.2) is 58.6 Å². The maximum absolute atomic E-state index is 13.1. The summed E-state index contributed by atoms with van der Waals surface area (Å²) in [6.07, 6.45) is 5.28. The fourth-order valence-corrected chi connectivity index (χ4v) is 4.83. The van der Waals surface area contributed by atoms with Crippen LogP contribution < -0.4 is 5.32 Å². The Morgan fingerprint density at radius 1 is 1.09 bits per heavy atom. The number of benzene rings is 1. The largest absolute Gasteiger partial charge is 0.376 e. The van der Waals surface area contributed by atoms with E-state index >= 15 is 0 Å². The molecule has 2 atom stereocenters. The smallest absolute Gasteiger partial charge is 0.274 e. The monoisotopic (exact) mass is 438 g/mol. The second-order valence-corrected chi connectivity index (χ2v) is 8.85.